The molecule has 1 heterocycles. The van der Waals surface area contributed by atoms with E-state index in [2.05, 4.69) is 6.58 Å². The average Bonchev–Trinajstić information content (AvgIpc) is 2.71. The molecule has 6 nitrogen and oxygen atoms in total. The van der Waals surface area contributed by atoms with Gasteiger partial charge in [0.1, 0.15) is 23.3 Å². The molecule has 0 amide bonds. The van der Waals surface area contributed by atoms with Gasteiger partial charge in [-0.05, 0) is 38.1 Å². The summed E-state index contributed by atoms with van der Waals surface area (Å²) in [6.07, 6.45) is 1.60. The molecule has 30 heavy (non-hydrogen) atoms. The average molecular weight is 429 g/mol. The largest absolute Gasteiger partial charge is 0.492 e. The minimum atomic E-state index is -0.226. The molecule has 0 aliphatic rings. The summed E-state index contributed by atoms with van der Waals surface area (Å²) in [5.41, 5.74) is 0.139. The van der Waals surface area contributed by atoms with E-state index in [1.165, 1.54) is 32.0 Å². The van der Waals surface area contributed by atoms with Crippen molar-refractivity contribution in [2.45, 2.75) is 29.9 Å². The first-order chi connectivity index (χ1) is 14.5. The fourth-order valence-electron chi connectivity index (χ4n) is 2.88. The van der Waals surface area contributed by atoms with Gasteiger partial charge in [0.25, 0.3) is 0 Å². The van der Waals surface area contributed by atoms with Crippen LogP contribution in [0.3, 0.4) is 0 Å². The minimum absolute atomic E-state index is 0.0906. The number of rotatable bonds is 9. The highest BCUT2D eigenvalue weighted by Crippen LogP contribution is 2.43. The van der Waals surface area contributed by atoms with Gasteiger partial charge in [0, 0.05) is 17.0 Å². The first-order valence-corrected chi connectivity index (χ1v) is 10.2. The summed E-state index contributed by atoms with van der Waals surface area (Å²) < 4.78 is 28.2. The second-order valence-electron chi connectivity index (χ2n) is 6.58. The summed E-state index contributed by atoms with van der Waals surface area (Å²) in [6.45, 7) is 7.88. The lowest BCUT2D eigenvalue weighted by molar-refractivity contribution is 0.226. The van der Waals surface area contributed by atoms with E-state index in [0.29, 0.717) is 39.9 Å². The smallest absolute Gasteiger partial charge is 0.204 e. The number of fused-ring (bicyclic) bond motifs is 1. The van der Waals surface area contributed by atoms with Crippen molar-refractivity contribution in [2.24, 2.45) is 0 Å². The van der Waals surface area contributed by atoms with Crippen LogP contribution in [0.15, 0.2) is 68.3 Å². The standard InChI is InChI=1S/C23H24O6S/c1-6-11-27-15-7-9-16(10-8-15)30-20-12-17(24)21-18(29-20)13-19(28-14(2)3)22(25-4)23(21)26-5/h6-10,12-14H,1,11H2,2-5H3. The molecular formula is C23H24O6S. The van der Waals surface area contributed by atoms with Crippen molar-refractivity contribution in [2.75, 3.05) is 20.8 Å². The molecule has 2 aromatic carbocycles. The molecule has 0 aliphatic heterocycles. The van der Waals surface area contributed by atoms with E-state index in [1.54, 1.807) is 12.1 Å². The van der Waals surface area contributed by atoms with Gasteiger partial charge in [0.05, 0.1) is 20.3 Å². The van der Waals surface area contributed by atoms with Crippen LogP contribution in [0.4, 0.5) is 0 Å². The van der Waals surface area contributed by atoms with Gasteiger partial charge in [-0.1, -0.05) is 24.4 Å². The molecule has 0 radical (unpaired) electrons. The Labute approximate surface area is 179 Å². The third-order valence-corrected chi connectivity index (χ3v) is 4.96. The SMILES string of the molecule is C=CCOc1ccc(Sc2cc(=O)c3c(OC)c(OC)c(OC(C)C)cc3o2)cc1. The molecule has 158 valence electrons. The van der Waals surface area contributed by atoms with E-state index in [9.17, 15) is 4.79 Å². The zero-order chi connectivity index (χ0) is 21.7. The highest BCUT2D eigenvalue weighted by atomic mass is 32.2. The van der Waals surface area contributed by atoms with Crippen molar-refractivity contribution in [3.05, 3.63) is 59.3 Å². The third kappa shape index (κ3) is 4.74. The fourth-order valence-corrected chi connectivity index (χ4v) is 3.68. The Bertz CT molecular complexity index is 1090. The molecular weight excluding hydrogens is 404 g/mol. The van der Waals surface area contributed by atoms with Gasteiger partial charge in [-0.15, -0.1) is 0 Å². The van der Waals surface area contributed by atoms with Crippen LogP contribution in [-0.4, -0.2) is 26.9 Å². The van der Waals surface area contributed by atoms with Gasteiger partial charge in [-0.3, -0.25) is 4.79 Å². The predicted octanol–water partition coefficient (Wildman–Crippen LogP) is 5.31. The Morgan fingerprint density at radius 3 is 2.40 bits per heavy atom. The molecule has 0 aliphatic carbocycles. The summed E-state index contributed by atoms with van der Waals surface area (Å²) >= 11 is 1.34. The zero-order valence-corrected chi connectivity index (χ0v) is 18.2. The van der Waals surface area contributed by atoms with E-state index in [1.807, 2.05) is 38.1 Å². The molecule has 1 aromatic heterocycles. The van der Waals surface area contributed by atoms with Crippen LogP contribution in [0.1, 0.15) is 13.8 Å². The molecule has 0 atom stereocenters. The molecule has 0 bridgehead atoms. The molecule has 3 rings (SSSR count). The Morgan fingerprint density at radius 1 is 1.10 bits per heavy atom. The van der Waals surface area contributed by atoms with Gasteiger partial charge < -0.3 is 23.4 Å². The molecule has 0 saturated carbocycles. The lowest BCUT2D eigenvalue weighted by Crippen LogP contribution is -2.09. The van der Waals surface area contributed by atoms with E-state index in [0.717, 1.165) is 10.6 Å². The van der Waals surface area contributed by atoms with Crippen molar-refractivity contribution in [1.29, 1.82) is 0 Å². The maximum absolute atomic E-state index is 12.9. The summed E-state index contributed by atoms with van der Waals surface area (Å²) in [7, 11) is 2.99. The molecule has 0 unspecified atom stereocenters. The lowest BCUT2D eigenvalue weighted by Gasteiger charge is -2.17. The first-order valence-electron chi connectivity index (χ1n) is 9.38. The lowest BCUT2D eigenvalue weighted by atomic mass is 10.1. The van der Waals surface area contributed by atoms with Crippen LogP contribution in [0.25, 0.3) is 11.0 Å². The Kier molecular flexibility index (Phi) is 6.95. The van der Waals surface area contributed by atoms with Crippen LogP contribution in [0.2, 0.25) is 0 Å². The number of hydrogen-bond donors (Lipinski definition) is 0. The predicted molar refractivity (Wildman–Crippen MR) is 118 cm³/mol. The highest BCUT2D eigenvalue weighted by molar-refractivity contribution is 7.99. The van der Waals surface area contributed by atoms with Crippen LogP contribution < -0.4 is 24.4 Å². The third-order valence-electron chi connectivity index (χ3n) is 4.05. The summed E-state index contributed by atoms with van der Waals surface area (Å²) in [4.78, 5) is 13.8. The summed E-state index contributed by atoms with van der Waals surface area (Å²) in [6, 6.07) is 10.6. The second-order valence-corrected chi connectivity index (χ2v) is 7.66. The Balaban J connectivity index is 2.01. The normalized spacial score (nSPS) is 10.8. The zero-order valence-electron chi connectivity index (χ0n) is 17.4. The van der Waals surface area contributed by atoms with Gasteiger partial charge in [0.2, 0.25) is 5.75 Å². The number of hydrogen-bond acceptors (Lipinski definition) is 7. The number of ether oxygens (including phenoxy) is 4. The molecule has 0 N–H and O–H groups in total. The van der Waals surface area contributed by atoms with Gasteiger partial charge >= 0.3 is 0 Å². The van der Waals surface area contributed by atoms with Crippen molar-refractivity contribution in [3.63, 3.8) is 0 Å². The summed E-state index contributed by atoms with van der Waals surface area (Å²) in [5, 5.41) is 0.762. The van der Waals surface area contributed by atoms with Gasteiger partial charge in [-0.25, -0.2) is 0 Å². The number of benzene rings is 2. The van der Waals surface area contributed by atoms with Crippen molar-refractivity contribution in [3.8, 4) is 23.0 Å². The Morgan fingerprint density at radius 2 is 1.80 bits per heavy atom. The van der Waals surface area contributed by atoms with Crippen LogP contribution in [-0.2, 0) is 0 Å². The van der Waals surface area contributed by atoms with Gasteiger partial charge in [-0.2, -0.15) is 0 Å². The van der Waals surface area contributed by atoms with Crippen molar-refractivity contribution in [1.82, 2.24) is 0 Å². The number of methoxy groups -OCH3 is 2. The van der Waals surface area contributed by atoms with E-state index < -0.39 is 0 Å². The topological polar surface area (TPSA) is 67.1 Å². The van der Waals surface area contributed by atoms with Crippen LogP contribution in [0.5, 0.6) is 23.0 Å². The first kappa shape index (κ1) is 21.6. The second kappa shape index (κ2) is 9.63. The van der Waals surface area contributed by atoms with Gasteiger partial charge in [0.15, 0.2) is 22.0 Å². The quantitative estimate of drug-likeness (QED) is 0.428. The van der Waals surface area contributed by atoms with E-state index in [-0.39, 0.29) is 11.5 Å². The summed E-state index contributed by atoms with van der Waals surface area (Å²) in [5.74, 6) is 1.85. The molecule has 0 spiro atoms. The maximum atomic E-state index is 12.9. The molecule has 7 heteroatoms. The minimum Gasteiger partial charge on any atom is -0.492 e. The molecule has 0 fully saturated rings. The van der Waals surface area contributed by atoms with Crippen molar-refractivity contribution < 1.29 is 23.4 Å². The van der Waals surface area contributed by atoms with E-state index in [4.69, 9.17) is 23.4 Å². The van der Waals surface area contributed by atoms with Crippen LogP contribution >= 0.6 is 11.8 Å². The highest BCUT2D eigenvalue weighted by Gasteiger charge is 2.21. The maximum Gasteiger partial charge on any atom is 0.204 e. The van der Waals surface area contributed by atoms with Crippen molar-refractivity contribution >= 4 is 22.7 Å². The molecule has 3 aromatic rings. The molecule has 0 saturated heterocycles. The monoisotopic (exact) mass is 428 g/mol. The Hall–Kier alpha value is -3.06. The fraction of sp³-hybridized carbons (Fsp3) is 0.261. The van der Waals surface area contributed by atoms with E-state index >= 15 is 0 Å². The van der Waals surface area contributed by atoms with Crippen LogP contribution in [0, 0.1) is 0 Å².